The molecule has 0 aromatic heterocycles. The summed E-state index contributed by atoms with van der Waals surface area (Å²) >= 11 is 1.54. The molecule has 7 heteroatoms. The van der Waals surface area contributed by atoms with E-state index >= 15 is 4.39 Å². The van der Waals surface area contributed by atoms with Crippen LogP contribution >= 0.6 is 11.8 Å². The van der Waals surface area contributed by atoms with E-state index in [1.807, 2.05) is 27.7 Å². The number of ketones is 2. The fourth-order valence-electron chi connectivity index (χ4n) is 7.61. The van der Waals surface area contributed by atoms with Crippen LogP contribution in [0.15, 0.2) is 23.8 Å². The summed E-state index contributed by atoms with van der Waals surface area (Å²) in [5.74, 6) is -2.38. The number of hydrogen-bond donors (Lipinski definition) is 1. The van der Waals surface area contributed by atoms with E-state index in [0.29, 0.717) is 19.3 Å². The first-order valence-electron chi connectivity index (χ1n) is 12.2. The number of Topliss-reactive ketones (excluding diaryl/α,β-unsaturated/α-hetero) is 1. The van der Waals surface area contributed by atoms with Gasteiger partial charge in [0, 0.05) is 22.0 Å². The first-order valence-corrected chi connectivity index (χ1v) is 13.2. The van der Waals surface area contributed by atoms with E-state index in [1.165, 1.54) is 31.0 Å². The van der Waals surface area contributed by atoms with Crippen LogP contribution in [-0.2, 0) is 19.1 Å². The fraction of sp³-hybridized carbons (Fsp3) is 0.741. The van der Waals surface area contributed by atoms with Gasteiger partial charge in [0.1, 0.15) is 5.78 Å². The van der Waals surface area contributed by atoms with E-state index in [1.54, 1.807) is 13.0 Å². The average Bonchev–Trinajstić information content (AvgIpc) is 3.05. The molecule has 34 heavy (non-hydrogen) atoms. The summed E-state index contributed by atoms with van der Waals surface area (Å²) in [6.07, 6.45) is 4.73. The lowest BCUT2D eigenvalue weighted by Crippen LogP contribution is -2.66. The Morgan fingerprint density at radius 3 is 2.56 bits per heavy atom. The summed E-state index contributed by atoms with van der Waals surface area (Å²) in [5, 5.41) is 11.4. The van der Waals surface area contributed by atoms with E-state index < -0.39 is 46.3 Å². The number of ether oxygens (including phenoxy) is 1. The smallest absolute Gasteiger partial charge is 0.309 e. The summed E-state index contributed by atoms with van der Waals surface area (Å²) in [6.45, 7) is 9.86. The number of methoxy groups -OCH3 is 1. The van der Waals surface area contributed by atoms with Crippen molar-refractivity contribution in [3.63, 3.8) is 0 Å². The lowest BCUT2D eigenvalue weighted by Gasteiger charge is -2.61. The van der Waals surface area contributed by atoms with Gasteiger partial charge in [-0.3, -0.25) is 14.4 Å². The van der Waals surface area contributed by atoms with Crippen LogP contribution in [0.4, 0.5) is 4.39 Å². The van der Waals surface area contributed by atoms with Crippen molar-refractivity contribution in [3.05, 3.63) is 23.8 Å². The van der Waals surface area contributed by atoms with E-state index in [2.05, 4.69) is 0 Å². The van der Waals surface area contributed by atoms with Crippen LogP contribution in [0.2, 0.25) is 0 Å². The lowest BCUT2D eigenvalue weighted by molar-refractivity contribution is -0.195. The SMILES string of the molecule is COC(=O)C1C[C@H]2[C@@H]3CCC4=CC(=O)C=C[C@]4(C)[C@@]3(F)C(O)C[C@]2(C)[C@H]1C(=O)CSC(C)(C)C. The molecule has 0 saturated heterocycles. The number of alkyl halides is 1. The third-order valence-electron chi connectivity index (χ3n) is 9.19. The lowest BCUT2D eigenvalue weighted by atomic mass is 9.45. The predicted molar refractivity (Wildman–Crippen MR) is 130 cm³/mol. The quantitative estimate of drug-likeness (QED) is 0.583. The zero-order valence-electron chi connectivity index (χ0n) is 21.0. The Hall–Kier alpha value is -1.47. The van der Waals surface area contributed by atoms with Gasteiger partial charge in [0.05, 0.1) is 24.9 Å². The Bertz CT molecular complexity index is 967. The third-order valence-corrected chi connectivity index (χ3v) is 10.5. The number of carbonyl (C=O) groups excluding carboxylic acids is 3. The molecule has 0 amide bonds. The maximum atomic E-state index is 17.3. The minimum absolute atomic E-state index is 0.0235. The summed E-state index contributed by atoms with van der Waals surface area (Å²) in [6, 6.07) is 0. The van der Waals surface area contributed by atoms with Crippen molar-refractivity contribution >= 4 is 29.3 Å². The molecule has 0 spiro atoms. The van der Waals surface area contributed by atoms with Gasteiger partial charge in [0.2, 0.25) is 0 Å². The van der Waals surface area contributed by atoms with Crippen molar-refractivity contribution < 1.29 is 28.6 Å². The molecule has 188 valence electrons. The van der Waals surface area contributed by atoms with Gasteiger partial charge in [0.15, 0.2) is 11.5 Å². The first-order chi connectivity index (χ1) is 15.7. The van der Waals surface area contributed by atoms with Crippen LogP contribution in [0.5, 0.6) is 0 Å². The summed E-state index contributed by atoms with van der Waals surface area (Å²) in [4.78, 5) is 38.5. The fourth-order valence-corrected chi connectivity index (χ4v) is 8.37. The van der Waals surface area contributed by atoms with Gasteiger partial charge < -0.3 is 9.84 Å². The van der Waals surface area contributed by atoms with Crippen molar-refractivity contribution in [2.75, 3.05) is 12.9 Å². The molecule has 1 N–H and O–H groups in total. The molecule has 4 rings (SSSR count). The van der Waals surface area contributed by atoms with Crippen molar-refractivity contribution in [2.45, 2.75) is 76.8 Å². The van der Waals surface area contributed by atoms with Crippen LogP contribution in [0.25, 0.3) is 0 Å². The summed E-state index contributed by atoms with van der Waals surface area (Å²) in [5.41, 5.74) is -3.05. The predicted octanol–water partition coefficient (Wildman–Crippen LogP) is 4.47. The molecular formula is C27H37FO5S. The second-order valence-electron chi connectivity index (χ2n) is 12.1. The van der Waals surface area contributed by atoms with Gasteiger partial charge in [-0.15, -0.1) is 11.8 Å². The summed E-state index contributed by atoms with van der Waals surface area (Å²) < 4.78 is 22.2. The Morgan fingerprint density at radius 1 is 1.26 bits per heavy atom. The molecular weight excluding hydrogens is 455 g/mol. The highest BCUT2D eigenvalue weighted by Gasteiger charge is 2.72. The van der Waals surface area contributed by atoms with Crippen LogP contribution in [0.3, 0.4) is 0 Å². The van der Waals surface area contributed by atoms with Gasteiger partial charge in [0.25, 0.3) is 0 Å². The van der Waals surface area contributed by atoms with Gasteiger partial charge in [-0.05, 0) is 56.1 Å². The maximum Gasteiger partial charge on any atom is 0.309 e. The van der Waals surface area contributed by atoms with Crippen molar-refractivity contribution in [3.8, 4) is 0 Å². The van der Waals surface area contributed by atoms with Crippen LogP contribution < -0.4 is 0 Å². The van der Waals surface area contributed by atoms with Gasteiger partial charge in [-0.1, -0.05) is 39.3 Å². The topological polar surface area (TPSA) is 80.7 Å². The van der Waals surface area contributed by atoms with Gasteiger partial charge in [-0.2, -0.15) is 0 Å². The molecule has 0 aliphatic heterocycles. The second kappa shape index (κ2) is 8.29. The number of aliphatic hydroxyl groups excluding tert-OH is 1. The average molecular weight is 493 g/mol. The number of halogens is 1. The van der Waals surface area contributed by atoms with E-state index in [9.17, 15) is 19.5 Å². The number of hydrogen-bond acceptors (Lipinski definition) is 6. The highest BCUT2D eigenvalue weighted by Crippen LogP contribution is 2.70. The number of thioether (sulfide) groups is 1. The Labute approximate surface area is 206 Å². The molecule has 3 saturated carbocycles. The van der Waals surface area contributed by atoms with E-state index in [0.717, 1.165) is 5.57 Å². The molecule has 5 nitrogen and oxygen atoms in total. The minimum Gasteiger partial charge on any atom is -0.469 e. The molecule has 2 unspecified atom stereocenters. The Morgan fingerprint density at radius 2 is 1.94 bits per heavy atom. The Kier molecular flexibility index (Phi) is 6.25. The third kappa shape index (κ3) is 3.64. The van der Waals surface area contributed by atoms with Crippen molar-refractivity contribution in [1.82, 2.24) is 0 Å². The molecule has 0 aromatic carbocycles. The first kappa shape index (κ1) is 25.6. The van der Waals surface area contributed by atoms with Crippen LogP contribution in [0.1, 0.15) is 60.3 Å². The van der Waals surface area contributed by atoms with E-state index in [4.69, 9.17) is 4.74 Å². The van der Waals surface area contributed by atoms with Gasteiger partial charge >= 0.3 is 5.97 Å². The number of allylic oxidation sites excluding steroid dienone is 4. The number of aliphatic hydroxyl groups is 1. The van der Waals surface area contributed by atoms with E-state index in [-0.39, 0.29) is 34.4 Å². The molecule has 8 atom stereocenters. The molecule has 0 heterocycles. The van der Waals surface area contributed by atoms with Crippen molar-refractivity contribution in [2.24, 2.45) is 34.5 Å². The minimum atomic E-state index is -1.97. The number of fused-ring (bicyclic) bond motifs is 5. The monoisotopic (exact) mass is 492 g/mol. The number of carbonyl (C=O) groups is 3. The molecule has 0 bridgehead atoms. The maximum absolute atomic E-state index is 17.3. The highest BCUT2D eigenvalue weighted by atomic mass is 32.2. The standard InChI is InChI=1S/C27H37FO5S/c1-24(2,3)34-14-20(30)22-17(23(32)33-6)12-19-18-8-7-15-11-16(29)9-10-26(15,5)27(18,28)21(31)13-25(19,22)4/h9-11,17-19,21-22,31H,7-8,12-14H2,1-6H3/t17?,18-,19-,21?,22+,25-,26-,27-/m0/s1. The second-order valence-corrected chi connectivity index (χ2v) is 13.9. The molecule has 3 fully saturated rings. The highest BCUT2D eigenvalue weighted by molar-refractivity contribution is 8.01. The van der Waals surface area contributed by atoms with Crippen LogP contribution in [-0.4, -0.2) is 52.0 Å². The normalized spacial score (nSPS) is 43.5. The number of esters is 1. The number of rotatable bonds is 4. The van der Waals surface area contributed by atoms with Gasteiger partial charge in [-0.25, -0.2) is 4.39 Å². The molecule has 0 aromatic rings. The van der Waals surface area contributed by atoms with Crippen LogP contribution in [0, 0.1) is 34.5 Å². The Balaban J connectivity index is 1.75. The van der Waals surface area contributed by atoms with Crippen molar-refractivity contribution in [1.29, 1.82) is 0 Å². The largest absolute Gasteiger partial charge is 0.469 e. The zero-order valence-corrected chi connectivity index (χ0v) is 21.8. The zero-order chi connectivity index (χ0) is 25.3. The molecule has 0 radical (unpaired) electrons. The summed E-state index contributed by atoms with van der Waals surface area (Å²) in [7, 11) is 1.33. The molecule has 4 aliphatic carbocycles. The molecule has 4 aliphatic rings.